The van der Waals surface area contributed by atoms with Crippen molar-refractivity contribution in [2.24, 2.45) is 24.3 Å². The van der Waals surface area contributed by atoms with Crippen LogP contribution in [0.1, 0.15) is 5.69 Å². The number of hydrogen-bond acceptors (Lipinski definition) is 4. The van der Waals surface area contributed by atoms with Crippen molar-refractivity contribution < 1.29 is 4.57 Å². The van der Waals surface area contributed by atoms with Gasteiger partial charge in [-0.05, 0) is 24.3 Å². The number of aromatic nitrogens is 4. The van der Waals surface area contributed by atoms with Gasteiger partial charge in [-0.1, -0.05) is 17.6 Å². The minimum Gasteiger partial charge on any atom is -0.335 e. The predicted octanol–water partition coefficient (Wildman–Crippen LogP) is 0.467. The molecule has 8 nitrogen and oxygen atoms in total. The SMILES string of the molecule is Cn1cccc/c1=N/N=C(\[N]Nc1cccc[n+]1C)c1ccn[nH]1. The van der Waals surface area contributed by atoms with E-state index in [4.69, 9.17) is 0 Å². The third kappa shape index (κ3) is 3.67. The summed E-state index contributed by atoms with van der Waals surface area (Å²) in [6.07, 6.45) is 5.48. The summed E-state index contributed by atoms with van der Waals surface area (Å²) in [6, 6.07) is 13.3. The monoisotopic (exact) mass is 322 g/mol. The van der Waals surface area contributed by atoms with Crippen molar-refractivity contribution in [3.05, 3.63) is 72.2 Å². The lowest BCUT2D eigenvalue weighted by atomic mass is 10.4. The van der Waals surface area contributed by atoms with E-state index in [1.807, 2.05) is 72.0 Å². The zero-order chi connectivity index (χ0) is 16.8. The van der Waals surface area contributed by atoms with Gasteiger partial charge in [0.05, 0.1) is 13.2 Å². The summed E-state index contributed by atoms with van der Waals surface area (Å²) in [5.74, 6) is 1.23. The minimum atomic E-state index is 0.403. The Kier molecular flexibility index (Phi) is 4.66. The third-order valence-electron chi connectivity index (χ3n) is 3.35. The molecule has 0 aromatic carbocycles. The molecule has 0 unspecified atom stereocenters. The van der Waals surface area contributed by atoms with E-state index in [-0.39, 0.29) is 0 Å². The average Bonchev–Trinajstić information content (AvgIpc) is 3.12. The number of hydrogen-bond donors (Lipinski definition) is 2. The molecule has 3 rings (SSSR count). The number of nitrogens with one attached hydrogen (secondary N) is 2. The number of amidine groups is 1. The van der Waals surface area contributed by atoms with Crippen LogP contribution in [0.15, 0.2) is 71.3 Å². The van der Waals surface area contributed by atoms with E-state index in [1.54, 1.807) is 12.3 Å². The van der Waals surface area contributed by atoms with Crippen molar-refractivity contribution in [3.63, 3.8) is 0 Å². The maximum atomic E-state index is 4.35. The summed E-state index contributed by atoms with van der Waals surface area (Å²) in [5.41, 5.74) is 8.73. The minimum absolute atomic E-state index is 0.403. The summed E-state index contributed by atoms with van der Waals surface area (Å²) >= 11 is 0. The highest BCUT2D eigenvalue weighted by atomic mass is 15.4. The molecule has 2 N–H and O–H groups in total. The Morgan fingerprint density at radius 3 is 2.83 bits per heavy atom. The molecular weight excluding hydrogens is 304 g/mol. The zero-order valence-electron chi connectivity index (χ0n) is 13.5. The van der Waals surface area contributed by atoms with Crippen molar-refractivity contribution in [1.82, 2.24) is 20.2 Å². The van der Waals surface area contributed by atoms with Gasteiger partial charge in [-0.25, -0.2) is 4.57 Å². The van der Waals surface area contributed by atoms with Crippen LogP contribution in [0.2, 0.25) is 0 Å². The van der Waals surface area contributed by atoms with Gasteiger partial charge in [0.15, 0.2) is 5.49 Å². The van der Waals surface area contributed by atoms with Crippen molar-refractivity contribution in [2.75, 3.05) is 5.43 Å². The second-order valence-corrected chi connectivity index (χ2v) is 5.08. The highest BCUT2D eigenvalue weighted by Crippen LogP contribution is 1.99. The van der Waals surface area contributed by atoms with Crippen LogP contribution >= 0.6 is 0 Å². The van der Waals surface area contributed by atoms with E-state index in [0.717, 1.165) is 11.3 Å². The fourth-order valence-electron chi connectivity index (χ4n) is 1.98. The normalized spacial score (nSPS) is 12.2. The van der Waals surface area contributed by atoms with Crippen LogP contribution < -0.4 is 20.9 Å². The second kappa shape index (κ2) is 7.23. The molecule has 8 heteroatoms. The number of anilines is 1. The van der Waals surface area contributed by atoms with Gasteiger partial charge in [-0.3, -0.25) is 5.10 Å². The maximum Gasteiger partial charge on any atom is 0.299 e. The Morgan fingerprint density at radius 1 is 1.21 bits per heavy atom. The molecule has 0 spiro atoms. The first-order valence-electron chi connectivity index (χ1n) is 7.38. The molecule has 0 aliphatic rings. The van der Waals surface area contributed by atoms with Gasteiger partial charge >= 0.3 is 0 Å². The molecule has 0 saturated heterocycles. The van der Waals surface area contributed by atoms with Crippen LogP contribution in [0.25, 0.3) is 0 Å². The van der Waals surface area contributed by atoms with Crippen LogP contribution in [0, 0.1) is 0 Å². The Morgan fingerprint density at radius 2 is 2.08 bits per heavy atom. The lowest BCUT2D eigenvalue weighted by Crippen LogP contribution is -2.35. The average molecular weight is 322 g/mol. The Hall–Kier alpha value is -3.42. The van der Waals surface area contributed by atoms with Crippen LogP contribution in [-0.4, -0.2) is 20.6 Å². The molecule has 24 heavy (non-hydrogen) atoms. The predicted molar refractivity (Wildman–Crippen MR) is 89.5 cm³/mol. The summed E-state index contributed by atoms with van der Waals surface area (Å²) in [5, 5.41) is 15.3. The summed E-state index contributed by atoms with van der Waals surface area (Å²) in [7, 11) is 3.84. The highest BCUT2D eigenvalue weighted by molar-refractivity contribution is 5.97. The van der Waals surface area contributed by atoms with Crippen LogP contribution in [0.3, 0.4) is 0 Å². The number of nitrogens with zero attached hydrogens (tertiary/aromatic N) is 6. The second-order valence-electron chi connectivity index (χ2n) is 5.08. The fourth-order valence-corrected chi connectivity index (χ4v) is 1.98. The highest BCUT2D eigenvalue weighted by Gasteiger charge is 2.12. The molecule has 0 saturated carbocycles. The first-order valence-corrected chi connectivity index (χ1v) is 7.38. The van der Waals surface area contributed by atoms with E-state index in [9.17, 15) is 0 Å². The smallest absolute Gasteiger partial charge is 0.299 e. The fraction of sp³-hybridized carbons (Fsp3) is 0.125. The number of H-pyrrole nitrogens is 1. The molecule has 121 valence electrons. The molecule has 0 aliphatic carbocycles. The van der Waals surface area contributed by atoms with Crippen molar-refractivity contribution in [2.45, 2.75) is 0 Å². The van der Waals surface area contributed by atoms with Gasteiger partial charge in [-0.2, -0.15) is 5.10 Å². The maximum absolute atomic E-state index is 4.35. The van der Waals surface area contributed by atoms with Crippen LogP contribution in [-0.2, 0) is 14.1 Å². The zero-order valence-corrected chi connectivity index (χ0v) is 13.5. The van der Waals surface area contributed by atoms with Gasteiger partial charge < -0.3 is 4.57 Å². The lowest BCUT2D eigenvalue weighted by molar-refractivity contribution is -0.657. The first kappa shape index (κ1) is 15.5. The number of aromatic amines is 1. The van der Waals surface area contributed by atoms with Crippen molar-refractivity contribution >= 4 is 11.7 Å². The van der Waals surface area contributed by atoms with Gasteiger partial charge in [0.2, 0.25) is 5.84 Å². The van der Waals surface area contributed by atoms with Gasteiger partial charge in [-0.15, -0.1) is 15.6 Å². The number of pyridine rings is 2. The topological polar surface area (TPSA) is 88.3 Å². The summed E-state index contributed by atoms with van der Waals surface area (Å²) in [6.45, 7) is 0. The standard InChI is InChI=1S/C16H18N8/c1-23-11-5-3-7-14(23)19-21-16(13-9-10-17-18-13)22-20-15-8-4-6-12-24(15)2/h3-12,19H,1-2H3,(H,17,18)/q+1/b20-15-,22-16-. The van der Waals surface area contributed by atoms with E-state index in [2.05, 4.69) is 31.3 Å². The summed E-state index contributed by atoms with van der Waals surface area (Å²) < 4.78 is 3.79. The number of aryl methyl sites for hydroxylation is 2. The Bertz CT molecular complexity index is 892. The molecule has 0 bridgehead atoms. The van der Waals surface area contributed by atoms with Gasteiger partial charge in [0, 0.05) is 25.5 Å². The molecule has 0 atom stereocenters. The van der Waals surface area contributed by atoms with Crippen molar-refractivity contribution in [1.29, 1.82) is 0 Å². The van der Waals surface area contributed by atoms with Gasteiger partial charge in [0.25, 0.3) is 5.82 Å². The largest absolute Gasteiger partial charge is 0.335 e. The van der Waals surface area contributed by atoms with E-state index < -0.39 is 0 Å². The summed E-state index contributed by atoms with van der Waals surface area (Å²) in [4.78, 5) is 0. The Balaban J connectivity index is 1.88. The molecule has 3 heterocycles. The molecular formula is C16H18N8+. The van der Waals surface area contributed by atoms with Crippen molar-refractivity contribution in [3.8, 4) is 0 Å². The van der Waals surface area contributed by atoms with Crippen LogP contribution in [0.4, 0.5) is 5.82 Å². The lowest BCUT2D eigenvalue weighted by Gasteiger charge is -2.02. The molecule has 0 amide bonds. The number of rotatable bonds is 4. The molecule has 3 aromatic heterocycles. The molecule has 0 fully saturated rings. The Labute approximate surface area is 139 Å². The van der Waals surface area contributed by atoms with E-state index >= 15 is 0 Å². The van der Waals surface area contributed by atoms with Gasteiger partial charge in [0.1, 0.15) is 5.69 Å². The molecule has 1 radical (unpaired) electrons. The van der Waals surface area contributed by atoms with E-state index in [1.165, 1.54) is 0 Å². The third-order valence-corrected chi connectivity index (χ3v) is 3.35. The van der Waals surface area contributed by atoms with E-state index in [0.29, 0.717) is 11.5 Å². The van der Waals surface area contributed by atoms with Crippen LogP contribution in [0.5, 0.6) is 0 Å². The quantitative estimate of drug-likeness (QED) is 0.316. The molecule has 3 aromatic rings. The first-order chi connectivity index (χ1) is 11.7. The molecule has 0 aliphatic heterocycles.